The first-order chi connectivity index (χ1) is 12.5. The topological polar surface area (TPSA) is 58.6 Å². The summed E-state index contributed by atoms with van der Waals surface area (Å²) in [6.07, 6.45) is 0. The van der Waals surface area contributed by atoms with Crippen LogP contribution < -0.4 is 4.72 Å². The molecule has 1 N–H and O–H groups in total. The summed E-state index contributed by atoms with van der Waals surface area (Å²) in [6.45, 7) is 2.77. The molecule has 1 heterocycles. The zero-order valence-corrected chi connectivity index (χ0v) is 16.5. The van der Waals surface area contributed by atoms with E-state index in [0.717, 1.165) is 5.56 Å². The normalized spacial score (nSPS) is 17.2. The maximum atomic E-state index is 13.3. The Morgan fingerprint density at radius 1 is 1.15 bits per heavy atom. The molecule has 3 rings (SSSR count). The Balaban J connectivity index is 1.80. The molecule has 1 saturated heterocycles. The van der Waals surface area contributed by atoms with E-state index in [9.17, 15) is 12.8 Å². The van der Waals surface area contributed by atoms with Crippen molar-refractivity contribution >= 4 is 26.0 Å². The minimum absolute atomic E-state index is 0.193. The summed E-state index contributed by atoms with van der Waals surface area (Å²) in [4.78, 5) is 2.35. The number of sulfonamides is 1. The van der Waals surface area contributed by atoms with Crippen molar-refractivity contribution in [2.75, 3.05) is 32.8 Å². The van der Waals surface area contributed by atoms with Gasteiger partial charge >= 0.3 is 0 Å². The van der Waals surface area contributed by atoms with Gasteiger partial charge in [-0.2, -0.15) is 0 Å². The second kappa shape index (κ2) is 8.58. The summed E-state index contributed by atoms with van der Waals surface area (Å²) >= 11 is 3.29. The van der Waals surface area contributed by atoms with Crippen LogP contribution >= 0.6 is 15.9 Å². The second-order valence-electron chi connectivity index (χ2n) is 6.02. The van der Waals surface area contributed by atoms with Crippen molar-refractivity contribution in [3.63, 3.8) is 0 Å². The van der Waals surface area contributed by atoms with E-state index in [2.05, 4.69) is 25.6 Å². The van der Waals surface area contributed by atoms with Crippen molar-refractivity contribution in [3.8, 4) is 0 Å². The van der Waals surface area contributed by atoms with Crippen LogP contribution in [-0.2, 0) is 14.8 Å². The first-order valence-electron chi connectivity index (χ1n) is 8.28. The summed E-state index contributed by atoms with van der Waals surface area (Å²) in [5, 5.41) is 0. The van der Waals surface area contributed by atoms with Crippen LogP contribution in [-0.4, -0.2) is 46.2 Å². The zero-order valence-electron chi connectivity index (χ0n) is 14.1. The van der Waals surface area contributed by atoms with Crippen molar-refractivity contribution in [1.29, 1.82) is 0 Å². The third kappa shape index (κ3) is 4.89. The fraction of sp³-hybridized carbons (Fsp3) is 0.333. The van der Waals surface area contributed by atoms with E-state index in [1.807, 2.05) is 0 Å². The van der Waals surface area contributed by atoms with Crippen LogP contribution in [0.1, 0.15) is 11.6 Å². The molecule has 5 nitrogen and oxygen atoms in total. The van der Waals surface area contributed by atoms with Gasteiger partial charge in [-0.05, 0) is 35.9 Å². The number of morpholine rings is 1. The number of nitrogens with zero attached hydrogens (tertiary/aromatic N) is 1. The SMILES string of the molecule is O=S(=O)(NCC(c1ccc(F)cc1)N1CCOCC1)c1cccc(Br)c1. The van der Waals surface area contributed by atoms with Gasteiger partial charge in [0.05, 0.1) is 18.1 Å². The van der Waals surface area contributed by atoms with Crippen LogP contribution in [0.4, 0.5) is 4.39 Å². The van der Waals surface area contributed by atoms with Gasteiger partial charge in [-0.15, -0.1) is 0 Å². The minimum Gasteiger partial charge on any atom is -0.379 e. The summed E-state index contributed by atoms with van der Waals surface area (Å²) in [6, 6.07) is 12.6. The Morgan fingerprint density at radius 3 is 2.50 bits per heavy atom. The van der Waals surface area contributed by atoms with Gasteiger partial charge < -0.3 is 4.74 Å². The van der Waals surface area contributed by atoms with E-state index in [1.54, 1.807) is 36.4 Å². The molecule has 2 aromatic carbocycles. The second-order valence-corrected chi connectivity index (χ2v) is 8.71. The van der Waals surface area contributed by atoms with E-state index < -0.39 is 10.0 Å². The molecule has 1 unspecified atom stereocenters. The average molecular weight is 443 g/mol. The number of ether oxygens (including phenoxy) is 1. The summed E-state index contributed by atoms with van der Waals surface area (Å²) < 4.78 is 47.3. The molecule has 8 heteroatoms. The van der Waals surface area contributed by atoms with E-state index >= 15 is 0 Å². The fourth-order valence-corrected chi connectivity index (χ4v) is 4.57. The van der Waals surface area contributed by atoms with Crippen LogP contribution in [0.2, 0.25) is 0 Å². The zero-order chi connectivity index (χ0) is 18.6. The Labute approximate surface area is 161 Å². The lowest BCUT2D eigenvalue weighted by Gasteiger charge is -2.34. The van der Waals surface area contributed by atoms with Gasteiger partial charge in [0.1, 0.15) is 5.82 Å². The van der Waals surface area contributed by atoms with Crippen LogP contribution in [0.25, 0.3) is 0 Å². The molecule has 140 valence electrons. The van der Waals surface area contributed by atoms with Gasteiger partial charge in [0.15, 0.2) is 0 Å². The molecule has 1 atom stereocenters. The smallest absolute Gasteiger partial charge is 0.240 e. The number of hydrogen-bond donors (Lipinski definition) is 1. The van der Waals surface area contributed by atoms with Crippen LogP contribution in [0.5, 0.6) is 0 Å². The highest BCUT2D eigenvalue weighted by molar-refractivity contribution is 9.10. The van der Waals surface area contributed by atoms with Crippen LogP contribution in [0, 0.1) is 5.82 Å². The lowest BCUT2D eigenvalue weighted by atomic mass is 10.0. The van der Waals surface area contributed by atoms with E-state index in [4.69, 9.17) is 4.74 Å². The molecular weight excluding hydrogens is 423 g/mol. The summed E-state index contributed by atoms with van der Waals surface area (Å²) in [5.41, 5.74) is 0.866. The van der Waals surface area contributed by atoms with Crippen LogP contribution in [0.3, 0.4) is 0 Å². The first kappa shape index (κ1) is 19.4. The predicted molar refractivity (Wildman–Crippen MR) is 101 cm³/mol. The Morgan fingerprint density at radius 2 is 1.85 bits per heavy atom. The standard InChI is InChI=1S/C18H20BrFN2O3S/c19-15-2-1-3-17(12-15)26(23,24)21-13-18(22-8-10-25-11-9-22)14-4-6-16(20)7-5-14/h1-7,12,18,21H,8-11,13H2. The van der Waals surface area contributed by atoms with Gasteiger partial charge in [0, 0.05) is 30.1 Å². The molecule has 0 aliphatic carbocycles. The van der Waals surface area contributed by atoms with Crippen molar-refractivity contribution in [1.82, 2.24) is 9.62 Å². The number of rotatable bonds is 6. The van der Waals surface area contributed by atoms with Crippen LogP contribution in [0.15, 0.2) is 57.9 Å². The fourth-order valence-electron chi connectivity index (χ4n) is 2.94. The molecule has 0 saturated carbocycles. The van der Waals surface area contributed by atoms with Crippen molar-refractivity contribution < 1.29 is 17.5 Å². The third-order valence-corrected chi connectivity index (χ3v) is 6.23. The van der Waals surface area contributed by atoms with E-state index in [1.165, 1.54) is 12.1 Å². The van der Waals surface area contributed by atoms with Crippen molar-refractivity contribution in [3.05, 3.63) is 64.4 Å². The highest BCUT2D eigenvalue weighted by Gasteiger charge is 2.25. The minimum atomic E-state index is -3.64. The Kier molecular flexibility index (Phi) is 6.42. The molecular formula is C18H20BrFN2O3S. The highest BCUT2D eigenvalue weighted by atomic mass is 79.9. The molecule has 1 fully saturated rings. The quantitative estimate of drug-likeness (QED) is 0.746. The van der Waals surface area contributed by atoms with Crippen molar-refractivity contribution in [2.24, 2.45) is 0 Å². The maximum Gasteiger partial charge on any atom is 0.240 e. The van der Waals surface area contributed by atoms with Gasteiger partial charge in [0.2, 0.25) is 10.0 Å². The molecule has 0 spiro atoms. The van der Waals surface area contributed by atoms with E-state index in [0.29, 0.717) is 30.8 Å². The summed E-state index contributed by atoms with van der Waals surface area (Å²) in [7, 11) is -3.64. The molecule has 1 aliphatic rings. The largest absolute Gasteiger partial charge is 0.379 e. The number of halogens is 2. The number of hydrogen-bond acceptors (Lipinski definition) is 4. The maximum absolute atomic E-state index is 13.3. The molecule has 0 bridgehead atoms. The monoisotopic (exact) mass is 442 g/mol. The number of benzene rings is 2. The summed E-state index contributed by atoms with van der Waals surface area (Å²) in [5.74, 6) is -0.316. The van der Waals surface area contributed by atoms with Gasteiger partial charge in [-0.25, -0.2) is 17.5 Å². The van der Waals surface area contributed by atoms with Gasteiger partial charge in [-0.1, -0.05) is 34.1 Å². The van der Waals surface area contributed by atoms with Crippen molar-refractivity contribution in [2.45, 2.75) is 10.9 Å². The van der Waals surface area contributed by atoms with E-state index in [-0.39, 0.29) is 23.3 Å². The molecule has 1 aliphatic heterocycles. The Bertz CT molecular complexity index is 840. The highest BCUT2D eigenvalue weighted by Crippen LogP contribution is 2.23. The molecule has 0 radical (unpaired) electrons. The predicted octanol–water partition coefficient (Wildman–Crippen LogP) is 2.94. The first-order valence-corrected chi connectivity index (χ1v) is 10.6. The molecule has 26 heavy (non-hydrogen) atoms. The lowest BCUT2D eigenvalue weighted by molar-refractivity contribution is 0.0172. The number of nitrogens with one attached hydrogen (secondary N) is 1. The molecule has 0 amide bonds. The third-order valence-electron chi connectivity index (χ3n) is 4.31. The Hall–Kier alpha value is -1.32. The lowest BCUT2D eigenvalue weighted by Crippen LogP contribution is -2.43. The molecule has 0 aromatic heterocycles. The van der Waals surface area contributed by atoms with Gasteiger partial charge in [0.25, 0.3) is 0 Å². The molecule has 2 aromatic rings. The van der Waals surface area contributed by atoms with Gasteiger partial charge in [-0.3, -0.25) is 4.90 Å². The average Bonchev–Trinajstić information content (AvgIpc) is 2.64.